The van der Waals surface area contributed by atoms with Gasteiger partial charge in [0.2, 0.25) is 0 Å². The fourth-order valence-electron chi connectivity index (χ4n) is 3.61. The Morgan fingerprint density at radius 2 is 1.68 bits per heavy atom. The minimum absolute atomic E-state index is 0.0947. The fourth-order valence-corrected chi connectivity index (χ4v) is 3.61. The highest BCUT2D eigenvalue weighted by Crippen LogP contribution is 2.22. The molecule has 2 aromatic rings. The van der Waals surface area contributed by atoms with Gasteiger partial charge in [-0.25, -0.2) is 9.18 Å². The fraction of sp³-hybridized carbons (Fsp3) is 0.273. The summed E-state index contributed by atoms with van der Waals surface area (Å²) < 4.78 is 13.8. The zero-order valence-electron chi connectivity index (χ0n) is 15.5. The third kappa shape index (κ3) is 3.76. The molecule has 2 aliphatic heterocycles. The summed E-state index contributed by atoms with van der Waals surface area (Å²) in [5.74, 6) is -0.887. The third-order valence-electron chi connectivity index (χ3n) is 5.17. The van der Waals surface area contributed by atoms with Crippen molar-refractivity contribution < 1.29 is 14.0 Å². The first kappa shape index (κ1) is 18.2. The molecular weight excluding hydrogens is 357 g/mol. The third-order valence-corrected chi connectivity index (χ3v) is 5.17. The highest BCUT2D eigenvalue weighted by atomic mass is 19.1. The van der Waals surface area contributed by atoms with Crippen LogP contribution in [0.25, 0.3) is 6.08 Å². The molecule has 0 atom stereocenters. The first-order valence-corrected chi connectivity index (χ1v) is 9.55. The average Bonchev–Trinajstić information content (AvgIpc) is 2.98. The van der Waals surface area contributed by atoms with Crippen LogP contribution in [0.3, 0.4) is 0 Å². The molecule has 0 aliphatic carbocycles. The van der Waals surface area contributed by atoms with Crippen LogP contribution in [0, 0.1) is 5.82 Å². The number of nitrogens with zero attached hydrogens (tertiary/aromatic N) is 2. The molecular formula is C22H22FN3O2. The number of carbonyl (C=O) groups is 2. The SMILES string of the molecule is O=C1NC(=Cc2ccc(N3CCCCC3)cc2)C(=O)N1Cc1ccccc1F. The number of halogens is 1. The number of hydrogen-bond donors (Lipinski definition) is 1. The largest absolute Gasteiger partial charge is 0.372 e. The lowest BCUT2D eigenvalue weighted by Crippen LogP contribution is -2.30. The molecule has 0 saturated carbocycles. The Labute approximate surface area is 163 Å². The number of piperidine rings is 1. The van der Waals surface area contributed by atoms with Crippen molar-refractivity contribution in [1.29, 1.82) is 0 Å². The molecule has 28 heavy (non-hydrogen) atoms. The van der Waals surface area contributed by atoms with E-state index in [1.54, 1.807) is 24.3 Å². The second-order valence-corrected chi connectivity index (χ2v) is 7.11. The van der Waals surface area contributed by atoms with Gasteiger partial charge in [0.05, 0.1) is 6.54 Å². The van der Waals surface area contributed by atoms with Crippen molar-refractivity contribution in [3.8, 4) is 0 Å². The number of nitrogens with one attached hydrogen (secondary N) is 1. The van der Waals surface area contributed by atoms with Gasteiger partial charge in [-0.05, 0) is 49.1 Å². The summed E-state index contributed by atoms with van der Waals surface area (Å²) in [5.41, 5.74) is 2.51. The van der Waals surface area contributed by atoms with E-state index in [-0.39, 0.29) is 12.2 Å². The van der Waals surface area contributed by atoms with Gasteiger partial charge in [-0.2, -0.15) is 0 Å². The van der Waals surface area contributed by atoms with Crippen molar-refractivity contribution in [2.45, 2.75) is 25.8 Å². The minimum atomic E-state index is -0.538. The van der Waals surface area contributed by atoms with Crippen LogP contribution in [0.1, 0.15) is 30.4 Å². The molecule has 144 valence electrons. The highest BCUT2D eigenvalue weighted by molar-refractivity contribution is 6.13. The lowest BCUT2D eigenvalue weighted by atomic mass is 10.1. The maximum Gasteiger partial charge on any atom is 0.329 e. The summed E-state index contributed by atoms with van der Waals surface area (Å²) in [5, 5.41) is 2.59. The van der Waals surface area contributed by atoms with Gasteiger partial charge in [0.25, 0.3) is 5.91 Å². The molecule has 0 spiro atoms. The first-order chi connectivity index (χ1) is 13.6. The quantitative estimate of drug-likeness (QED) is 0.647. The van der Waals surface area contributed by atoms with Crippen LogP contribution in [-0.2, 0) is 11.3 Å². The predicted molar refractivity (Wildman–Crippen MR) is 106 cm³/mol. The highest BCUT2D eigenvalue weighted by Gasteiger charge is 2.33. The van der Waals surface area contributed by atoms with Crippen LogP contribution in [0.15, 0.2) is 54.2 Å². The summed E-state index contributed by atoms with van der Waals surface area (Å²) in [4.78, 5) is 28.2. The van der Waals surface area contributed by atoms with E-state index in [4.69, 9.17) is 0 Å². The first-order valence-electron chi connectivity index (χ1n) is 9.55. The lowest BCUT2D eigenvalue weighted by Gasteiger charge is -2.28. The smallest absolute Gasteiger partial charge is 0.329 e. The molecule has 4 rings (SSSR count). The van der Waals surface area contributed by atoms with Gasteiger partial charge < -0.3 is 10.2 Å². The normalized spacial score (nSPS) is 18.7. The van der Waals surface area contributed by atoms with Crippen LogP contribution in [0.5, 0.6) is 0 Å². The Hall–Kier alpha value is -3.15. The van der Waals surface area contributed by atoms with Crippen molar-refractivity contribution in [3.05, 3.63) is 71.2 Å². The molecule has 3 amide bonds. The Morgan fingerprint density at radius 1 is 0.964 bits per heavy atom. The van der Waals surface area contributed by atoms with Crippen LogP contribution in [0.4, 0.5) is 14.9 Å². The van der Waals surface area contributed by atoms with Gasteiger partial charge in [-0.1, -0.05) is 30.3 Å². The Balaban J connectivity index is 1.48. The van der Waals surface area contributed by atoms with Gasteiger partial charge in [0.1, 0.15) is 11.5 Å². The molecule has 5 nitrogen and oxygen atoms in total. The number of benzene rings is 2. The van der Waals surface area contributed by atoms with Crippen molar-refractivity contribution in [3.63, 3.8) is 0 Å². The lowest BCUT2D eigenvalue weighted by molar-refractivity contribution is -0.123. The Morgan fingerprint density at radius 3 is 2.39 bits per heavy atom. The molecule has 0 radical (unpaired) electrons. The van der Waals surface area contributed by atoms with Crippen molar-refractivity contribution in [2.24, 2.45) is 0 Å². The molecule has 2 saturated heterocycles. The van der Waals surface area contributed by atoms with Crippen LogP contribution < -0.4 is 10.2 Å². The molecule has 2 fully saturated rings. The second-order valence-electron chi connectivity index (χ2n) is 7.11. The summed E-state index contributed by atoms with van der Waals surface area (Å²) in [6.45, 7) is 2.04. The van der Waals surface area contributed by atoms with E-state index in [1.807, 2.05) is 24.3 Å². The van der Waals surface area contributed by atoms with Gasteiger partial charge in [-0.15, -0.1) is 0 Å². The molecule has 2 heterocycles. The standard InChI is InChI=1S/C22H22FN3O2/c23-19-7-3-2-6-17(19)15-26-21(27)20(24-22(26)28)14-16-8-10-18(11-9-16)25-12-4-1-5-13-25/h2-3,6-11,14H,1,4-5,12-13,15H2,(H,24,28). The van der Waals surface area contributed by atoms with Crippen molar-refractivity contribution in [2.75, 3.05) is 18.0 Å². The summed E-state index contributed by atoms with van der Waals surface area (Å²) in [7, 11) is 0. The van der Waals surface area contributed by atoms with Gasteiger partial charge in [-0.3, -0.25) is 9.69 Å². The maximum atomic E-state index is 13.8. The number of rotatable bonds is 4. The maximum absolute atomic E-state index is 13.8. The number of anilines is 1. The van der Waals surface area contributed by atoms with E-state index >= 15 is 0 Å². The molecule has 0 unspecified atom stereocenters. The molecule has 6 heteroatoms. The van der Waals surface area contributed by atoms with Crippen LogP contribution in [-0.4, -0.2) is 29.9 Å². The van der Waals surface area contributed by atoms with E-state index in [9.17, 15) is 14.0 Å². The van der Waals surface area contributed by atoms with Gasteiger partial charge >= 0.3 is 6.03 Å². The summed E-state index contributed by atoms with van der Waals surface area (Å²) >= 11 is 0. The topological polar surface area (TPSA) is 52.7 Å². The minimum Gasteiger partial charge on any atom is -0.372 e. The van der Waals surface area contributed by atoms with Crippen LogP contribution >= 0.6 is 0 Å². The molecule has 2 aliphatic rings. The summed E-state index contributed by atoms with van der Waals surface area (Å²) in [6, 6.07) is 13.6. The second kappa shape index (κ2) is 7.84. The van der Waals surface area contributed by atoms with E-state index in [1.165, 1.54) is 31.0 Å². The van der Waals surface area contributed by atoms with Gasteiger partial charge in [0.15, 0.2) is 0 Å². The zero-order chi connectivity index (χ0) is 19.5. The average molecular weight is 379 g/mol. The van der Waals surface area contributed by atoms with E-state index in [2.05, 4.69) is 10.2 Å². The predicted octanol–water partition coefficient (Wildman–Crippen LogP) is 3.91. The molecule has 0 bridgehead atoms. The molecule has 0 aromatic heterocycles. The van der Waals surface area contributed by atoms with E-state index in [0.717, 1.165) is 23.6 Å². The monoisotopic (exact) mass is 379 g/mol. The number of imide groups is 1. The molecule has 2 aromatic carbocycles. The summed E-state index contributed by atoms with van der Waals surface area (Å²) in [6.07, 6.45) is 5.36. The Kier molecular flexibility index (Phi) is 5.10. The number of hydrogen-bond acceptors (Lipinski definition) is 3. The molecule has 1 N–H and O–H groups in total. The van der Waals surface area contributed by atoms with Crippen molar-refractivity contribution in [1.82, 2.24) is 10.2 Å². The van der Waals surface area contributed by atoms with Gasteiger partial charge in [0, 0.05) is 24.3 Å². The van der Waals surface area contributed by atoms with Crippen molar-refractivity contribution >= 4 is 23.7 Å². The number of urea groups is 1. The Bertz CT molecular complexity index is 918. The van der Waals surface area contributed by atoms with E-state index < -0.39 is 17.8 Å². The number of amides is 3. The van der Waals surface area contributed by atoms with Crippen LogP contribution in [0.2, 0.25) is 0 Å². The van der Waals surface area contributed by atoms with E-state index in [0.29, 0.717) is 5.56 Å². The number of carbonyl (C=O) groups excluding carboxylic acids is 2. The zero-order valence-corrected chi connectivity index (χ0v) is 15.5.